The van der Waals surface area contributed by atoms with E-state index in [0.29, 0.717) is 6.42 Å². The predicted molar refractivity (Wildman–Crippen MR) is 183 cm³/mol. The lowest BCUT2D eigenvalue weighted by molar-refractivity contribution is -0.144. The first-order chi connectivity index (χ1) is 23.2. The number of aliphatic hydroxyl groups excluding tert-OH is 2. The van der Waals surface area contributed by atoms with Gasteiger partial charge in [0, 0.05) is 39.4 Å². The van der Waals surface area contributed by atoms with E-state index in [4.69, 9.17) is 6.42 Å². The number of carbonyl (C=O) groups excluding carboxylic acids is 3. The van der Waals surface area contributed by atoms with Gasteiger partial charge in [-0.3, -0.25) is 19.3 Å². The van der Waals surface area contributed by atoms with Gasteiger partial charge >= 0.3 is 6.18 Å². The van der Waals surface area contributed by atoms with Crippen LogP contribution < -0.4 is 10.6 Å². The van der Waals surface area contributed by atoms with Gasteiger partial charge in [0.25, 0.3) is 0 Å². The number of amides is 3. The second-order valence-corrected chi connectivity index (χ2v) is 13.1. The van der Waals surface area contributed by atoms with Gasteiger partial charge in [-0.05, 0) is 44.7 Å². The molecule has 1 fully saturated rings. The minimum atomic E-state index is -4.36. The van der Waals surface area contributed by atoms with Gasteiger partial charge in [-0.15, -0.1) is 24.2 Å². The van der Waals surface area contributed by atoms with Gasteiger partial charge in [-0.2, -0.15) is 13.2 Å². The molecular formula is C37H53F3N4O5. The molecule has 1 aliphatic rings. The Labute approximate surface area is 289 Å². The van der Waals surface area contributed by atoms with Crippen LogP contribution in [0.3, 0.4) is 0 Å². The van der Waals surface area contributed by atoms with Gasteiger partial charge in [-0.25, -0.2) is 0 Å². The molecule has 5 atom stereocenters. The summed E-state index contributed by atoms with van der Waals surface area (Å²) in [6, 6.07) is 7.15. The highest BCUT2D eigenvalue weighted by molar-refractivity contribution is 5.91. The minimum absolute atomic E-state index is 0.0134. The molecule has 0 saturated heterocycles. The maximum Gasteiger partial charge on any atom is 0.401 e. The number of terminal acetylenes is 1. The third-order valence-corrected chi connectivity index (χ3v) is 8.96. The van der Waals surface area contributed by atoms with Crippen LogP contribution >= 0.6 is 0 Å². The Morgan fingerprint density at radius 2 is 1.69 bits per heavy atom. The number of nitrogens with one attached hydrogen (secondary N) is 2. The second kappa shape index (κ2) is 21.5. The van der Waals surface area contributed by atoms with Crippen molar-refractivity contribution in [3.05, 3.63) is 35.9 Å². The lowest BCUT2D eigenvalue weighted by Crippen LogP contribution is -2.56. The summed E-state index contributed by atoms with van der Waals surface area (Å²) >= 11 is 0. The van der Waals surface area contributed by atoms with Crippen molar-refractivity contribution >= 4 is 17.7 Å². The van der Waals surface area contributed by atoms with E-state index >= 15 is 0 Å². The zero-order valence-electron chi connectivity index (χ0n) is 29.0. The maximum absolute atomic E-state index is 13.8. The molecule has 1 aromatic rings. The number of rotatable bonds is 19. The first kappa shape index (κ1) is 41.6. The van der Waals surface area contributed by atoms with E-state index in [0.717, 1.165) is 42.6 Å². The summed E-state index contributed by atoms with van der Waals surface area (Å²) < 4.78 is 38.3. The quantitative estimate of drug-likeness (QED) is 0.165. The highest BCUT2D eigenvalue weighted by atomic mass is 19.4. The van der Waals surface area contributed by atoms with Gasteiger partial charge < -0.3 is 25.7 Å². The monoisotopic (exact) mass is 690 g/mol. The molecule has 1 saturated carbocycles. The number of aliphatic hydroxyl groups is 2. The normalized spacial score (nSPS) is 16.7. The van der Waals surface area contributed by atoms with Crippen molar-refractivity contribution in [2.45, 2.75) is 108 Å². The Balaban J connectivity index is 2.23. The number of hydrogen-bond acceptors (Lipinski definition) is 6. The Morgan fingerprint density at radius 3 is 2.31 bits per heavy atom. The van der Waals surface area contributed by atoms with Gasteiger partial charge in [0.15, 0.2) is 0 Å². The number of benzene rings is 1. The molecule has 12 heteroatoms. The Hall–Kier alpha value is -3.58. The largest absolute Gasteiger partial charge is 0.401 e. The summed E-state index contributed by atoms with van der Waals surface area (Å²) in [6.07, 6.45) is 4.47. The van der Waals surface area contributed by atoms with Crippen LogP contribution in [0.5, 0.6) is 0 Å². The lowest BCUT2D eigenvalue weighted by atomic mass is 9.82. The average molecular weight is 691 g/mol. The predicted octanol–water partition coefficient (Wildman–Crippen LogP) is 3.68. The molecule has 0 spiro atoms. The van der Waals surface area contributed by atoms with Crippen molar-refractivity contribution in [1.82, 2.24) is 20.4 Å². The van der Waals surface area contributed by atoms with Crippen LogP contribution in [0, 0.1) is 36.0 Å². The van der Waals surface area contributed by atoms with Crippen molar-refractivity contribution in [3.8, 4) is 24.2 Å². The molecule has 0 aromatic heterocycles. The van der Waals surface area contributed by atoms with E-state index in [-0.39, 0.29) is 51.1 Å². The van der Waals surface area contributed by atoms with Gasteiger partial charge in [0.05, 0.1) is 24.6 Å². The summed E-state index contributed by atoms with van der Waals surface area (Å²) in [4.78, 5) is 43.2. The third-order valence-electron chi connectivity index (χ3n) is 8.96. The van der Waals surface area contributed by atoms with E-state index in [1.165, 1.54) is 19.0 Å². The van der Waals surface area contributed by atoms with Gasteiger partial charge in [-0.1, -0.05) is 62.4 Å². The Kier molecular flexibility index (Phi) is 18.2. The first-order valence-corrected chi connectivity index (χ1v) is 17.1. The number of alkyl halides is 3. The molecule has 3 amide bonds. The minimum Gasteiger partial charge on any atom is -0.390 e. The van der Waals surface area contributed by atoms with E-state index in [2.05, 4.69) is 28.4 Å². The van der Waals surface area contributed by atoms with Crippen LogP contribution in [-0.4, -0.2) is 102 Å². The van der Waals surface area contributed by atoms with E-state index in [1.807, 2.05) is 18.2 Å². The van der Waals surface area contributed by atoms with Crippen molar-refractivity contribution in [2.24, 2.45) is 11.8 Å². The van der Waals surface area contributed by atoms with Crippen molar-refractivity contribution in [1.29, 1.82) is 0 Å². The van der Waals surface area contributed by atoms with Gasteiger partial charge in [0.1, 0.15) is 12.1 Å². The zero-order valence-corrected chi connectivity index (χ0v) is 29.0. The standard InChI is InChI=1S/C37H53F3N4O5/c1-5-7-19-30(36(49)42-31(24-28-17-13-10-14-18-28)34(47)32(45)20-8-6-2)41-35(48)29(23-27-15-11-9-12-16-27)25-33(46)44(4)22-21-43(3)26-37(38,39)40/h2,9,11-12,15-16,28-32,34,45,47H,8,10,13-14,17-26H2,1,3-4H3,(H,41,48)(H,42,49)/t29-,30+,31+,32+,34-/m1/s1. The molecule has 9 nitrogen and oxygen atoms in total. The molecule has 0 heterocycles. The molecule has 2 rings (SSSR count). The van der Waals surface area contributed by atoms with E-state index in [1.54, 1.807) is 19.1 Å². The summed E-state index contributed by atoms with van der Waals surface area (Å²) in [7, 11) is 2.79. The molecular weight excluding hydrogens is 637 g/mol. The van der Waals surface area contributed by atoms with Crippen LogP contribution in [0.4, 0.5) is 13.2 Å². The molecule has 1 aromatic carbocycles. The summed E-state index contributed by atoms with van der Waals surface area (Å²) in [5.41, 5.74) is 0.786. The topological polar surface area (TPSA) is 122 Å². The number of carbonyl (C=O) groups is 3. The number of likely N-dealkylation sites (N-methyl/N-ethyl adjacent to an activating group) is 2. The van der Waals surface area contributed by atoms with Crippen LogP contribution in [0.2, 0.25) is 0 Å². The smallest absolute Gasteiger partial charge is 0.390 e. The molecule has 0 bridgehead atoms. The molecule has 0 aliphatic heterocycles. The first-order valence-electron chi connectivity index (χ1n) is 17.1. The van der Waals surface area contributed by atoms with Gasteiger partial charge in [0.2, 0.25) is 17.7 Å². The third kappa shape index (κ3) is 16.1. The molecule has 0 radical (unpaired) electrons. The zero-order chi connectivity index (χ0) is 36.4. The Bertz CT molecular complexity index is 1270. The second-order valence-electron chi connectivity index (χ2n) is 13.1. The summed E-state index contributed by atoms with van der Waals surface area (Å²) in [6.45, 7) is 0.508. The number of hydrogen-bond donors (Lipinski definition) is 4. The summed E-state index contributed by atoms with van der Waals surface area (Å²) in [5.74, 6) is 5.83. The van der Waals surface area contributed by atoms with Crippen LogP contribution in [-0.2, 0) is 20.8 Å². The maximum atomic E-state index is 13.8. The van der Waals surface area contributed by atoms with Crippen LogP contribution in [0.15, 0.2) is 30.3 Å². The van der Waals surface area contributed by atoms with E-state index < -0.39 is 60.7 Å². The highest BCUT2D eigenvalue weighted by Gasteiger charge is 2.34. The fourth-order valence-electron chi connectivity index (χ4n) is 6.08. The Morgan fingerprint density at radius 1 is 1.02 bits per heavy atom. The lowest BCUT2D eigenvalue weighted by Gasteiger charge is -2.33. The molecule has 49 heavy (non-hydrogen) atoms. The summed E-state index contributed by atoms with van der Waals surface area (Å²) in [5, 5.41) is 27.4. The highest BCUT2D eigenvalue weighted by Crippen LogP contribution is 2.29. The number of halogens is 3. The molecule has 4 N–H and O–H groups in total. The molecule has 1 aliphatic carbocycles. The molecule has 0 unspecified atom stereocenters. The number of nitrogens with zero attached hydrogens (tertiary/aromatic N) is 2. The average Bonchev–Trinajstić information content (AvgIpc) is 3.06. The molecule has 272 valence electrons. The van der Waals surface area contributed by atoms with Crippen molar-refractivity contribution in [3.63, 3.8) is 0 Å². The van der Waals surface area contributed by atoms with Crippen LogP contribution in [0.25, 0.3) is 0 Å². The van der Waals surface area contributed by atoms with Crippen molar-refractivity contribution in [2.75, 3.05) is 33.7 Å². The van der Waals surface area contributed by atoms with Crippen molar-refractivity contribution < 1.29 is 37.8 Å². The fourth-order valence-corrected chi connectivity index (χ4v) is 6.08. The van der Waals surface area contributed by atoms with E-state index in [9.17, 15) is 37.8 Å². The SMILES string of the molecule is C#CCC[C@H](O)[C@H](O)[C@H](CC1CCCCC1)NC(=O)[C@H](CC#CC)NC(=O)[C@@H](CC(=O)N(C)CCN(C)CC(F)(F)F)Cc1ccccc1. The fraction of sp³-hybridized carbons (Fsp3) is 0.649. The van der Waals surface area contributed by atoms with Crippen LogP contribution in [0.1, 0.15) is 76.7 Å².